The normalized spacial score (nSPS) is 11.1. The van der Waals surface area contributed by atoms with Crippen LogP contribution in [0.2, 0.25) is 0 Å². The Bertz CT molecular complexity index is 1270. The molecule has 0 fully saturated rings. The van der Waals surface area contributed by atoms with Crippen molar-refractivity contribution < 1.29 is 4.57 Å². The van der Waals surface area contributed by atoms with E-state index < -0.39 is 0 Å². The van der Waals surface area contributed by atoms with Gasteiger partial charge in [0.25, 0.3) is 0 Å². The number of aromatic nitrogens is 2. The third kappa shape index (κ3) is 3.99. The van der Waals surface area contributed by atoms with E-state index >= 15 is 0 Å². The third-order valence-corrected chi connectivity index (χ3v) is 5.78. The fraction of sp³-hybridized carbons (Fsp3) is 0.143. The van der Waals surface area contributed by atoms with Crippen LogP contribution < -0.4 is 9.47 Å². The maximum Gasteiger partial charge on any atom is 0.233 e. The molecule has 5 rings (SSSR count). The van der Waals surface area contributed by atoms with Crippen molar-refractivity contribution in [2.75, 3.05) is 4.90 Å². The second-order valence-corrected chi connectivity index (χ2v) is 7.85. The molecule has 31 heavy (non-hydrogen) atoms. The fourth-order valence-electron chi connectivity index (χ4n) is 4.25. The van der Waals surface area contributed by atoms with Crippen molar-refractivity contribution >= 4 is 27.8 Å². The van der Waals surface area contributed by atoms with Gasteiger partial charge in [-0.3, -0.25) is 0 Å². The lowest BCUT2D eigenvalue weighted by Crippen LogP contribution is -2.35. The van der Waals surface area contributed by atoms with Gasteiger partial charge in [0.2, 0.25) is 11.0 Å². The summed E-state index contributed by atoms with van der Waals surface area (Å²) in [5.41, 5.74) is 8.23. The minimum absolute atomic E-state index is 0.856. The van der Waals surface area contributed by atoms with Crippen molar-refractivity contribution in [3.8, 4) is 0 Å². The van der Waals surface area contributed by atoms with Crippen LogP contribution in [0.1, 0.15) is 18.1 Å². The summed E-state index contributed by atoms with van der Waals surface area (Å²) < 4.78 is 2.37. The largest absolute Gasteiger partial charge is 0.363 e. The zero-order chi connectivity index (χ0) is 21.0. The molecule has 3 heteroatoms. The first-order valence-electron chi connectivity index (χ1n) is 10.9. The van der Waals surface area contributed by atoms with Gasteiger partial charge in [-0.15, -0.1) is 0 Å². The van der Waals surface area contributed by atoms with Crippen LogP contribution in [-0.4, -0.2) is 4.98 Å². The molecule has 0 aliphatic carbocycles. The molecule has 0 saturated heterocycles. The predicted molar refractivity (Wildman–Crippen MR) is 128 cm³/mol. The molecule has 0 aliphatic rings. The topological polar surface area (TPSA) is 20.0 Å². The summed E-state index contributed by atoms with van der Waals surface area (Å²) in [4.78, 5) is 7.36. The molecule has 0 aliphatic heterocycles. The molecule has 152 valence electrons. The van der Waals surface area contributed by atoms with Crippen molar-refractivity contribution in [3.63, 3.8) is 0 Å². The lowest BCUT2D eigenvalue weighted by Gasteiger charge is -2.25. The minimum Gasteiger partial charge on any atom is -0.363 e. The van der Waals surface area contributed by atoms with E-state index in [2.05, 4.69) is 120 Å². The van der Waals surface area contributed by atoms with E-state index in [-0.39, 0.29) is 0 Å². The number of aryl methyl sites for hydroxylation is 1. The number of nitrogens with zero attached hydrogens (tertiary/aromatic N) is 3. The molecule has 0 radical (unpaired) electrons. The molecule has 0 saturated carbocycles. The van der Waals surface area contributed by atoms with Crippen LogP contribution >= 0.6 is 0 Å². The van der Waals surface area contributed by atoms with E-state index in [1.165, 1.54) is 27.8 Å². The van der Waals surface area contributed by atoms with Crippen molar-refractivity contribution in [2.24, 2.45) is 0 Å². The first kappa shape index (κ1) is 19.3. The maximum atomic E-state index is 4.92. The van der Waals surface area contributed by atoms with Gasteiger partial charge >= 0.3 is 0 Å². The van der Waals surface area contributed by atoms with Crippen LogP contribution in [0, 0.1) is 0 Å². The monoisotopic (exact) mass is 404 g/mol. The zero-order valence-corrected chi connectivity index (χ0v) is 17.8. The Morgan fingerprint density at radius 1 is 0.645 bits per heavy atom. The van der Waals surface area contributed by atoms with E-state index in [1.807, 2.05) is 0 Å². The van der Waals surface area contributed by atoms with E-state index in [9.17, 15) is 0 Å². The molecule has 4 aromatic carbocycles. The van der Waals surface area contributed by atoms with Crippen LogP contribution in [0.15, 0.2) is 103 Å². The second-order valence-electron chi connectivity index (χ2n) is 7.85. The van der Waals surface area contributed by atoms with Gasteiger partial charge in [0, 0.05) is 30.9 Å². The summed E-state index contributed by atoms with van der Waals surface area (Å²) in [6, 6.07) is 36.4. The molecule has 0 N–H and O–H groups in total. The average molecular weight is 405 g/mol. The first-order chi connectivity index (χ1) is 15.3. The summed E-state index contributed by atoms with van der Waals surface area (Å²) in [5, 5.41) is 0. The number of rotatable bonds is 6. The smallest absolute Gasteiger partial charge is 0.233 e. The summed E-state index contributed by atoms with van der Waals surface area (Å²) in [5.74, 6) is 0. The van der Waals surface area contributed by atoms with E-state index in [0.29, 0.717) is 0 Å². The number of para-hydroxylation sites is 2. The highest BCUT2D eigenvalue weighted by Gasteiger charge is 2.17. The molecule has 1 aromatic heterocycles. The van der Waals surface area contributed by atoms with Crippen molar-refractivity contribution in [3.05, 3.63) is 114 Å². The van der Waals surface area contributed by atoms with Gasteiger partial charge in [-0.2, -0.15) is 4.57 Å². The Balaban J connectivity index is 1.62. The lowest BCUT2D eigenvalue weighted by molar-refractivity contribution is -0.641. The maximum absolute atomic E-state index is 4.92. The molecular weight excluding hydrogens is 378 g/mol. The highest BCUT2D eigenvalue weighted by molar-refractivity contribution is 5.83. The highest BCUT2D eigenvalue weighted by atomic mass is 15.1. The summed E-state index contributed by atoms with van der Waals surface area (Å²) in [6.45, 7) is 4.81. The van der Waals surface area contributed by atoms with E-state index in [4.69, 9.17) is 4.98 Å². The third-order valence-electron chi connectivity index (χ3n) is 5.78. The number of anilines is 1. The number of hydrogen-bond donors (Lipinski definition) is 0. The SMILES string of the molecule is CC[n+]1c2ccccc2nc2ccc(N(Cc3ccccc3)Cc3ccccc3)cc21. The first-order valence-corrected chi connectivity index (χ1v) is 10.9. The number of fused-ring (bicyclic) bond motifs is 2. The van der Waals surface area contributed by atoms with Gasteiger partial charge in [0.15, 0.2) is 0 Å². The number of hydrogen-bond acceptors (Lipinski definition) is 2. The average Bonchev–Trinajstić information content (AvgIpc) is 2.83. The van der Waals surface area contributed by atoms with Gasteiger partial charge in [-0.05, 0) is 36.2 Å². The van der Waals surface area contributed by atoms with Crippen molar-refractivity contribution in [1.82, 2.24) is 4.98 Å². The van der Waals surface area contributed by atoms with Gasteiger partial charge in [0.05, 0.1) is 0 Å². The summed E-state index contributed by atoms with van der Waals surface area (Å²) in [7, 11) is 0. The summed E-state index contributed by atoms with van der Waals surface area (Å²) >= 11 is 0. The molecule has 0 unspecified atom stereocenters. The van der Waals surface area contributed by atoms with E-state index in [1.54, 1.807) is 0 Å². The Morgan fingerprint density at radius 3 is 1.87 bits per heavy atom. The number of benzene rings is 4. The quantitative estimate of drug-likeness (QED) is 0.259. The second kappa shape index (κ2) is 8.57. The Kier molecular flexibility index (Phi) is 5.32. The Labute approximate surface area is 183 Å². The fourth-order valence-corrected chi connectivity index (χ4v) is 4.25. The van der Waals surface area contributed by atoms with Crippen LogP contribution in [-0.2, 0) is 19.6 Å². The van der Waals surface area contributed by atoms with Gasteiger partial charge in [-0.25, -0.2) is 4.98 Å². The van der Waals surface area contributed by atoms with Gasteiger partial charge in [-0.1, -0.05) is 72.8 Å². The van der Waals surface area contributed by atoms with E-state index in [0.717, 1.165) is 30.7 Å². The molecule has 0 amide bonds. The standard InChI is InChI=1S/C28H26N3/c1-2-31-27-16-10-9-15-25(27)29-26-18-17-24(19-28(26)31)30(20-22-11-5-3-6-12-22)21-23-13-7-4-8-14-23/h3-19H,2,20-21H2,1H3/q+1. The Morgan fingerprint density at radius 2 is 1.23 bits per heavy atom. The molecule has 0 spiro atoms. The van der Waals surface area contributed by atoms with Crippen LogP contribution in [0.5, 0.6) is 0 Å². The molecule has 0 bridgehead atoms. The van der Waals surface area contributed by atoms with Gasteiger partial charge < -0.3 is 4.90 Å². The molecular formula is C28H26N3+. The summed E-state index contributed by atoms with van der Waals surface area (Å²) in [6.07, 6.45) is 0. The van der Waals surface area contributed by atoms with Crippen LogP contribution in [0.4, 0.5) is 5.69 Å². The molecule has 0 atom stereocenters. The predicted octanol–water partition coefficient (Wildman–Crippen LogP) is 5.90. The zero-order valence-electron chi connectivity index (χ0n) is 17.8. The molecule has 3 nitrogen and oxygen atoms in total. The molecule has 5 aromatic rings. The highest BCUT2D eigenvalue weighted by Crippen LogP contribution is 2.25. The molecule has 1 heterocycles. The minimum atomic E-state index is 0.856. The van der Waals surface area contributed by atoms with Gasteiger partial charge in [0.1, 0.15) is 17.6 Å². The van der Waals surface area contributed by atoms with Crippen molar-refractivity contribution in [1.29, 1.82) is 0 Å². The Hall–Kier alpha value is -3.72. The lowest BCUT2D eigenvalue weighted by atomic mass is 10.1. The van der Waals surface area contributed by atoms with Crippen molar-refractivity contribution in [2.45, 2.75) is 26.6 Å². The van der Waals surface area contributed by atoms with Crippen LogP contribution in [0.25, 0.3) is 22.1 Å². The van der Waals surface area contributed by atoms with Crippen LogP contribution in [0.3, 0.4) is 0 Å².